The lowest BCUT2D eigenvalue weighted by molar-refractivity contribution is -0.141. The third-order valence-electron chi connectivity index (χ3n) is 2.39. The van der Waals surface area contributed by atoms with E-state index in [4.69, 9.17) is 4.74 Å². The average Bonchev–Trinajstić information content (AvgIpc) is 2.28. The number of hydrogen-bond acceptors (Lipinski definition) is 2. The smallest absolute Gasteiger partial charge is 0.224 e. The van der Waals surface area contributed by atoms with Crippen LogP contribution in [0, 0.1) is 0 Å². The predicted octanol–water partition coefficient (Wildman–Crippen LogP) is 1.38. The minimum atomic E-state index is -0.0596. The van der Waals surface area contributed by atoms with Crippen LogP contribution in [0.15, 0.2) is 0 Å². The lowest BCUT2D eigenvalue weighted by atomic mass is 10.2. The molecule has 1 fully saturated rings. The lowest BCUT2D eigenvalue weighted by Gasteiger charge is -2.26. The second-order valence-electron chi connectivity index (χ2n) is 3.23. The minimum Gasteiger partial charge on any atom is -0.362 e. The molecule has 1 heterocycles. The second-order valence-corrected chi connectivity index (χ2v) is 3.23. The monoisotopic (exact) mass is 171 g/mol. The van der Waals surface area contributed by atoms with Gasteiger partial charge in [0.05, 0.1) is 0 Å². The third-order valence-corrected chi connectivity index (χ3v) is 2.39. The van der Waals surface area contributed by atoms with Gasteiger partial charge in [-0.2, -0.15) is 0 Å². The summed E-state index contributed by atoms with van der Waals surface area (Å²) in [7, 11) is 1.64. The first-order chi connectivity index (χ1) is 5.75. The van der Waals surface area contributed by atoms with E-state index in [2.05, 4.69) is 0 Å². The van der Waals surface area contributed by atoms with Crippen molar-refractivity contribution in [3.8, 4) is 0 Å². The Labute approximate surface area is 73.7 Å². The Morgan fingerprint density at radius 2 is 2.17 bits per heavy atom. The van der Waals surface area contributed by atoms with Crippen LogP contribution in [0.5, 0.6) is 0 Å². The van der Waals surface area contributed by atoms with Crippen molar-refractivity contribution in [3.63, 3.8) is 0 Å². The van der Waals surface area contributed by atoms with Crippen LogP contribution in [0.3, 0.4) is 0 Å². The largest absolute Gasteiger partial charge is 0.362 e. The van der Waals surface area contributed by atoms with E-state index in [9.17, 15) is 4.79 Å². The summed E-state index contributed by atoms with van der Waals surface area (Å²) in [5.41, 5.74) is 0. The molecule has 0 aliphatic carbocycles. The molecule has 0 aromatic carbocycles. The van der Waals surface area contributed by atoms with Crippen molar-refractivity contribution in [1.29, 1.82) is 0 Å². The van der Waals surface area contributed by atoms with Crippen LogP contribution in [0.4, 0.5) is 0 Å². The molecule has 1 rings (SSSR count). The van der Waals surface area contributed by atoms with Gasteiger partial charge < -0.3 is 9.64 Å². The Bertz CT molecular complexity index is 159. The number of rotatable bonds is 2. The van der Waals surface area contributed by atoms with Crippen molar-refractivity contribution in [3.05, 3.63) is 0 Å². The van der Waals surface area contributed by atoms with E-state index >= 15 is 0 Å². The molecule has 1 amide bonds. The van der Waals surface area contributed by atoms with Crippen LogP contribution in [0.2, 0.25) is 0 Å². The van der Waals surface area contributed by atoms with Crippen LogP contribution < -0.4 is 0 Å². The maximum atomic E-state index is 11.5. The highest BCUT2D eigenvalue weighted by Crippen LogP contribution is 2.13. The van der Waals surface area contributed by atoms with E-state index in [1.165, 1.54) is 6.42 Å². The van der Waals surface area contributed by atoms with Gasteiger partial charge in [0.2, 0.25) is 5.91 Å². The molecule has 0 bridgehead atoms. The first-order valence-electron chi connectivity index (χ1n) is 4.58. The number of ether oxygens (including phenoxy) is 1. The number of likely N-dealkylation sites (tertiary alicyclic amines) is 1. The molecule has 3 heteroatoms. The standard InChI is InChI=1S/C9H17NO2/c1-8(12-2)10-7-5-3-4-6-9(10)11/h8H,3-7H2,1-2H3. The lowest BCUT2D eigenvalue weighted by Crippen LogP contribution is -2.39. The fourth-order valence-corrected chi connectivity index (χ4v) is 1.52. The molecule has 1 aliphatic rings. The quantitative estimate of drug-likeness (QED) is 0.628. The van der Waals surface area contributed by atoms with Crippen LogP contribution in [0.1, 0.15) is 32.6 Å². The molecule has 0 saturated carbocycles. The Morgan fingerprint density at radius 3 is 2.83 bits per heavy atom. The Kier molecular flexibility index (Phi) is 3.53. The maximum absolute atomic E-state index is 11.5. The van der Waals surface area contributed by atoms with Crippen LogP contribution in [-0.2, 0) is 9.53 Å². The van der Waals surface area contributed by atoms with Gasteiger partial charge in [-0.1, -0.05) is 6.42 Å². The summed E-state index contributed by atoms with van der Waals surface area (Å²) in [6, 6.07) is 0. The van der Waals surface area contributed by atoms with Gasteiger partial charge in [-0.3, -0.25) is 4.79 Å². The predicted molar refractivity (Wildman–Crippen MR) is 46.7 cm³/mol. The topological polar surface area (TPSA) is 29.5 Å². The summed E-state index contributed by atoms with van der Waals surface area (Å²) in [6.45, 7) is 2.77. The van der Waals surface area contributed by atoms with Gasteiger partial charge in [0.1, 0.15) is 6.23 Å². The van der Waals surface area contributed by atoms with Crippen LogP contribution >= 0.6 is 0 Å². The van der Waals surface area contributed by atoms with Gasteiger partial charge in [0, 0.05) is 20.1 Å². The summed E-state index contributed by atoms with van der Waals surface area (Å²) >= 11 is 0. The number of carbonyl (C=O) groups is 1. The summed E-state index contributed by atoms with van der Waals surface area (Å²) < 4.78 is 5.12. The number of nitrogens with zero attached hydrogens (tertiary/aromatic N) is 1. The van der Waals surface area contributed by atoms with Gasteiger partial charge in [0.25, 0.3) is 0 Å². The number of carbonyl (C=O) groups excluding carboxylic acids is 1. The molecule has 0 spiro atoms. The zero-order valence-electron chi connectivity index (χ0n) is 7.88. The highest BCUT2D eigenvalue weighted by atomic mass is 16.5. The van der Waals surface area contributed by atoms with Crippen molar-refractivity contribution in [2.24, 2.45) is 0 Å². The molecule has 1 atom stereocenters. The van der Waals surface area contributed by atoms with Crippen molar-refractivity contribution < 1.29 is 9.53 Å². The molecule has 1 unspecified atom stereocenters. The number of hydrogen-bond donors (Lipinski definition) is 0. The maximum Gasteiger partial charge on any atom is 0.224 e. The zero-order chi connectivity index (χ0) is 8.97. The Balaban J connectivity index is 2.52. The van der Waals surface area contributed by atoms with E-state index in [1.807, 2.05) is 11.8 Å². The Morgan fingerprint density at radius 1 is 1.42 bits per heavy atom. The number of amides is 1. The summed E-state index contributed by atoms with van der Waals surface area (Å²) in [4.78, 5) is 13.3. The first-order valence-corrected chi connectivity index (χ1v) is 4.58. The minimum absolute atomic E-state index is 0.0596. The van der Waals surface area contributed by atoms with Gasteiger partial charge in [-0.05, 0) is 19.8 Å². The fraction of sp³-hybridized carbons (Fsp3) is 0.889. The molecule has 12 heavy (non-hydrogen) atoms. The summed E-state index contributed by atoms with van der Waals surface area (Å²) in [5.74, 6) is 0.238. The average molecular weight is 171 g/mol. The molecule has 1 saturated heterocycles. The van der Waals surface area contributed by atoms with Crippen molar-refractivity contribution >= 4 is 5.91 Å². The van der Waals surface area contributed by atoms with Gasteiger partial charge in [-0.25, -0.2) is 0 Å². The normalized spacial score (nSPS) is 22.2. The molecule has 0 aromatic rings. The Hall–Kier alpha value is -0.570. The highest BCUT2D eigenvalue weighted by molar-refractivity contribution is 5.76. The zero-order valence-corrected chi connectivity index (χ0v) is 7.88. The van der Waals surface area contributed by atoms with Crippen molar-refractivity contribution in [2.45, 2.75) is 38.8 Å². The summed E-state index contributed by atoms with van der Waals surface area (Å²) in [6.07, 6.45) is 3.94. The van der Waals surface area contributed by atoms with Crippen molar-refractivity contribution in [2.75, 3.05) is 13.7 Å². The third kappa shape index (κ3) is 2.21. The van der Waals surface area contributed by atoms with Crippen LogP contribution in [0.25, 0.3) is 0 Å². The molecule has 3 nitrogen and oxygen atoms in total. The first kappa shape index (κ1) is 9.52. The van der Waals surface area contributed by atoms with E-state index in [1.54, 1.807) is 7.11 Å². The van der Waals surface area contributed by atoms with Crippen LogP contribution in [-0.4, -0.2) is 30.7 Å². The fourth-order valence-electron chi connectivity index (χ4n) is 1.52. The molecular formula is C9H17NO2. The van der Waals surface area contributed by atoms with E-state index < -0.39 is 0 Å². The van der Waals surface area contributed by atoms with E-state index in [0.29, 0.717) is 6.42 Å². The molecule has 0 radical (unpaired) electrons. The SMILES string of the molecule is COC(C)N1CCCCCC1=O. The summed E-state index contributed by atoms with van der Waals surface area (Å²) in [5, 5.41) is 0. The van der Waals surface area contributed by atoms with Gasteiger partial charge in [0.15, 0.2) is 0 Å². The van der Waals surface area contributed by atoms with E-state index in [0.717, 1.165) is 19.4 Å². The van der Waals surface area contributed by atoms with E-state index in [-0.39, 0.29) is 12.1 Å². The van der Waals surface area contributed by atoms with Crippen molar-refractivity contribution in [1.82, 2.24) is 4.90 Å². The second kappa shape index (κ2) is 4.45. The van der Waals surface area contributed by atoms with Gasteiger partial charge >= 0.3 is 0 Å². The molecule has 0 N–H and O–H groups in total. The molecule has 70 valence electrons. The molecule has 0 aromatic heterocycles. The molecule has 1 aliphatic heterocycles. The number of methoxy groups -OCH3 is 1. The molecular weight excluding hydrogens is 154 g/mol. The van der Waals surface area contributed by atoms with Gasteiger partial charge in [-0.15, -0.1) is 0 Å². The highest BCUT2D eigenvalue weighted by Gasteiger charge is 2.20.